The molecule has 4 heteroatoms. The van der Waals surface area contributed by atoms with E-state index < -0.39 is 5.97 Å². The Hall–Kier alpha value is -2.12. The predicted molar refractivity (Wildman–Crippen MR) is 76.6 cm³/mol. The molecule has 0 bridgehead atoms. The Morgan fingerprint density at radius 2 is 2.20 bits per heavy atom. The third-order valence-corrected chi connectivity index (χ3v) is 3.31. The zero-order valence-electron chi connectivity index (χ0n) is 11.6. The van der Waals surface area contributed by atoms with Crippen LogP contribution in [0.1, 0.15) is 18.4 Å². The molecule has 1 aliphatic heterocycles. The summed E-state index contributed by atoms with van der Waals surface area (Å²) in [5, 5.41) is 9.11. The second kappa shape index (κ2) is 6.88. The summed E-state index contributed by atoms with van der Waals surface area (Å²) in [6, 6.07) is 11.2. The number of piperidine rings is 1. The standard InChI is InChI=1S/C16H18N2O2/c1-18-9-5-8-15(12-18)20-16(19)14(11-17)10-13-6-3-2-4-7-13/h2-4,6-7,10,15H,5,8-9,12H2,1H3/b14-10+/t15-/m0/s1. The van der Waals surface area contributed by atoms with E-state index in [1.807, 2.05) is 43.4 Å². The van der Waals surface area contributed by atoms with E-state index in [9.17, 15) is 4.79 Å². The quantitative estimate of drug-likeness (QED) is 0.480. The molecule has 1 atom stereocenters. The van der Waals surface area contributed by atoms with Gasteiger partial charge in [-0.25, -0.2) is 4.79 Å². The van der Waals surface area contributed by atoms with Crippen LogP contribution in [-0.2, 0) is 9.53 Å². The number of hydrogen-bond acceptors (Lipinski definition) is 4. The number of nitriles is 1. The second-order valence-electron chi connectivity index (χ2n) is 5.01. The molecule has 0 aliphatic carbocycles. The fourth-order valence-corrected chi connectivity index (χ4v) is 2.28. The van der Waals surface area contributed by atoms with E-state index >= 15 is 0 Å². The van der Waals surface area contributed by atoms with Crippen LogP contribution in [0.3, 0.4) is 0 Å². The number of rotatable bonds is 3. The highest BCUT2D eigenvalue weighted by Crippen LogP contribution is 2.14. The number of likely N-dealkylation sites (tertiary alicyclic amines) is 1. The van der Waals surface area contributed by atoms with Crippen LogP contribution in [-0.4, -0.2) is 37.1 Å². The van der Waals surface area contributed by atoms with E-state index in [4.69, 9.17) is 10.00 Å². The van der Waals surface area contributed by atoms with Crippen molar-refractivity contribution in [1.29, 1.82) is 5.26 Å². The molecule has 104 valence electrons. The summed E-state index contributed by atoms with van der Waals surface area (Å²) in [5.74, 6) is -0.531. The molecule has 0 amide bonds. The molecule has 1 aromatic rings. The number of esters is 1. The molecule has 1 saturated heterocycles. The molecule has 1 aromatic carbocycles. The lowest BCUT2D eigenvalue weighted by molar-refractivity contribution is -0.145. The van der Waals surface area contributed by atoms with E-state index in [1.165, 1.54) is 0 Å². The molecular formula is C16H18N2O2. The first-order valence-corrected chi connectivity index (χ1v) is 6.75. The maximum absolute atomic E-state index is 12.0. The monoisotopic (exact) mass is 270 g/mol. The Balaban J connectivity index is 2.03. The Morgan fingerprint density at radius 1 is 1.45 bits per heavy atom. The van der Waals surface area contributed by atoms with Crippen LogP contribution in [0.4, 0.5) is 0 Å². The van der Waals surface area contributed by atoms with Crippen molar-refractivity contribution in [3.8, 4) is 6.07 Å². The molecule has 1 aliphatic rings. The molecule has 4 nitrogen and oxygen atoms in total. The molecule has 1 fully saturated rings. The average molecular weight is 270 g/mol. The number of nitrogens with zero attached hydrogens (tertiary/aromatic N) is 2. The highest BCUT2D eigenvalue weighted by atomic mass is 16.5. The molecule has 0 N–H and O–H groups in total. The predicted octanol–water partition coefficient (Wildman–Crippen LogP) is 2.23. The molecule has 0 aromatic heterocycles. The van der Waals surface area contributed by atoms with Gasteiger partial charge in [0.2, 0.25) is 0 Å². The van der Waals surface area contributed by atoms with Gasteiger partial charge in [-0.3, -0.25) is 0 Å². The summed E-state index contributed by atoms with van der Waals surface area (Å²) in [4.78, 5) is 14.2. The zero-order valence-corrected chi connectivity index (χ0v) is 11.6. The van der Waals surface area contributed by atoms with Crippen molar-refractivity contribution in [2.45, 2.75) is 18.9 Å². The lowest BCUT2D eigenvalue weighted by Gasteiger charge is -2.29. The Morgan fingerprint density at radius 3 is 2.85 bits per heavy atom. The average Bonchev–Trinajstić information content (AvgIpc) is 2.45. The number of benzene rings is 1. The fourth-order valence-electron chi connectivity index (χ4n) is 2.28. The van der Waals surface area contributed by atoms with Gasteiger partial charge in [-0.2, -0.15) is 5.26 Å². The smallest absolute Gasteiger partial charge is 0.349 e. The molecule has 0 saturated carbocycles. The van der Waals surface area contributed by atoms with Crippen LogP contribution in [0.2, 0.25) is 0 Å². The topological polar surface area (TPSA) is 53.3 Å². The molecule has 2 rings (SSSR count). The van der Waals surface area contributed by atoms with Crippen molar-refractivity contribution in [1.82, 2.24) is 4.90 Å². The van der Waals surface area contributed by atoms with Gasteiger partial charge in [0.05, 0.1) is 0 Å². The molecule has 20 heavy (non-hydrogen) atoms. The minimum Gasteiger partial charge on any atom is -0.457 e. The van der Waals surface area contributed by atoms with Crippen molar-refractivity contribution in [3.63, 3.8) is 0 Å². The van der Waals surface area contributed by atoms with Gasteiger partial charge in [-0.1, -0.05) is 30.3 Å². The summed E-state index contributed by atoms with van der Waals surface area (Å²) in [6.07, 6.45) is 3.32. The van der Waals surface area contributed by atoms with Crippen molar-refractivity contribution in [2.75, 3.05) is 20.1 Å². The van der Waals surface area contributed by atoms with Gasteiger partial charge in [0.1, 0.15) is 17.7 Å². The first-order valence-electron chi connectivity index (χ1n) is 6.75. The van der Waals surface area contributed by atoms with Gasteiger partial charge in [0.15, 0.2) is 0 Å². The lowest BCUT2D eigenvalue weighted by Crippen LogP contribution is -2.38. The van der Waals surface area contributed by atoms with Crippen LogP contribution >= 0.6 is 0 Å². The van der Waals surface area contributed by atoms with Gasteiger partial charge in [-0.15, -0.1) is 0 Å². The van der Waals surface area contributed by atoms with Gasteiger partial charge >= 0.3 is 5.97 Å². The Kier molecular flexibility index (Phi) is 4.91. The summed E-state index contributed by atoms with van der Waals surface area (Å²) < 4.78 is 5.42. The Labute approximate surface area is 119 Å². The van der Waals surface area contributed by atoms with Gasteiger partial charge in [0, 0.05) is 6.54 Å². The van der Waals surface area contributed by atoms with Crippen LogP contribution in [0.5, 0.6) is 0 Å². The number of ether oxygens (including phenoxy) is 1. The molecule has 0 spiro atoms. The van der Waals surface area contributed by atoms with Crippen LogP contribution in [0.25, 0.3) is 6.08 Å². The lowest BCUT2D eigenvalue weighted by atomic mass is 10.1. The summed E-state index contributed by atoms with van der Waals surface area (Å²) >= 11 is 0. The van der Waals surface area contributed by atoms with Crippen molar-refractivity contribution in [2.24, 2.45) is 0 Å². The van der Waals surface area contributed by atoms with Crippen LogP contribution in [0.15, 0.2) is 35.9 Å². The minimum absolute atomic E-state index is 0.0458. The number of hydrogen-bond donors (Lipinski definition) is 0. The van der Waals surface area contributed by atoms with E-state index in [0.717, 1.165) is 31.5 Å². The highest BCUT2D eigenvalue weighted by molar-refractivity contribution is 5.97. The van der Waals surface area contributed by atoms with E-state index in [0.29, 0.717) is 0 Å². The normalized spacial score (nSPS) is 20.2. The van der Waals surface area contributed by atoms with Gasteiger partial charge < -0.3 is 9.64 Å². The first-order chi connectivity index (χ1) is 9.69. The van der Waals surface area contributed by atoms with E-state index in [-0.39, 0.29) is 11.7 Å². The van der Waals surface area contributed by atoms with Gasteiger partial charge in [-0.05, 0) is 38.1 Å². The maximum Gasteiger partial charge on any atom is 0.349 e. The van der Waals surface area contributed by atoms with Gasteiger partial charge in [0.25, 0.3) is 0 Å². The largest absolute Gasteiger partial charge is 0.457 e. The third kappa shape index (κ3) is 3.94. The van der Waals surface area contributed by atoms with E-state index in [1.54, 1.807) is 6.08 Å². The highest BCUT2D eigenvalue weighted by Gasteiger charge is 2.22. The van der Waals surface area contributed by atoms with Crippen molar-refractivity contribution < 1.29 is 9.53 Å². The summed E-state index contributed by atoms with van der Waals surface area (Å²) in [7, 11) is 2.00. The maximum atomic E-state index is 12.0. The number of likely N-dealkylation sites (N-methyl/N-ethyl adjacent to an activating group) is 1. The van der Waals surface area contributed by atoms with Crippen molar-refractivity contribution in [3.05, 3.63) is 41.5 Å². The molecule has 0 radical (unpaired) electrons. The Bertz CT molecular complexity index is 531. The fraction of sp³-hybridized carbons (Fsp3) is 0.375. The summed E-state index contributed by atoms with van der Waals surface area (Å²) in [5.41, 5.74) is 0.867. The minimum atomic E-state index is -0.531. The van der Waals surface area contributed by atoms with Crippen LogP contribution < -0.4 is 0 Å². The third-order valence-electron chi connectivity index (χ3n) is 3.31. The zero-order chi connectivity index (χ0) is 14.4. The molecular weight excluding hydrogens is 252 g/mol. The SMILES string of the molecule is CN1CCC[C@H](OC(=O)/C(C#N)=C/c2ccccc2)C1. The number of carbonyl (C=O) groups is 1. The van der Waals surface area contributed by atoms with Crippen LogP contribution in [0, 0.1) is 11.3 Å². The molecule has 0 unspecified atom stereocenters. The first kappa shape index (κ1) is 14.3. The second-order valence-corrected chi connectivity index (χ2v) is 5.01. The molecule has 1 heterocycles. The van der Waals surface area contributed by atoms with E-state index in [2.05, 4.69) is 4.90 Å². The van der Waals surface area contributed by atoms with Crippen molar-refractivity contribution >= 4 is 12.0 Å². The summed E-state index contributed by atoms with van der Waals surface area (Å²) in [6.45, 7) is 1.76. The number of carbonyl (C=O) groups excluding carboxylic acids is 1.